The van der Waals surface area contributed by atoms with Crippen molar-refractivity contribution >= 4 is 28.7 Å². The Morgan fingerprint density at radius 2 is 1.60 bits per heavy atom. The Bertz CT molecular complexity index is 1630. The smallest absolute Gasteiger partial charge is 0.339 e. The zero-order chi connectivity index (χ0) is 30.4. The third kappa shape index (κ3) is 5.10. The number of fused-ring (bicyclic) bond motifs is 3. The molecule has 0 bridgehead atoms. The fraction of sp³-hybridized carbons (Fsp3) is 0.367. The normalized spacial score (nSPS) is 22.2. The molecule has 3 N–H and O–H groups in total. The molecule has 43 heavy (non-hydrogen) atoms. The van der Waals surface area contributed by atoms with Crippen molar-refractivity contribution in [3.63, 3.8) is 0 Å². The molecule has 0 amide bonds. The lowest BCUT2D eigenvalue weighted by Gasteiger charge is -2.38. The van der Waals surface area contributed by atoms with Crippen molar-refractivity contribution in [3.05, 3.63) is 52.6 Å². The topological polar surface area (TPSA) is 177 Å². The molecule has 0 saturated carbocycles. The van der Waals surface area contributed by atoms with E-state index in [0.29, 0.717) is 50.1 Å². The average molecular weight is 597 g/mol. The van der Waals surface area contributed by atoms with Gasteiger partial charge < -0.3 is 48.5 Å². The van der Waals surface area contributed by atoms with Crippen molar-refractivity contribution in [2.45, 2.75) is 58.3 Å². The summed E-state index contributed by atoms with van der Waals surface area (Å²) < 4.78 is 38.9. The van der Waals surface area contributed by atoms with Crippen LogP contribution < -0.4 is 14.2 Å². The SMILES string of the molecule is CC(=O)O[C@H]1[C@H](OC(C)=O)COC(Oc2c3c(c(-c4ccc5c(c4)OCO5)c4cc(CO)c(CO)cc24)C(=O)OC3)[C@@H]1O. The van der Waals surface area contributed by atoms with Gasteiger partial charge in [0.05, 0.1) is 25.4 Å². The highest BCUT2D eigenvalue weighted by molar-refractivity contribution is 6.13. The lowest BCUT2D eigenvalue weighted by Crippen LogP contribution is -2.57. The molecular formula is C30H28O13. The van der Waals surface area contributed by atoms with E-state index in [9.17, 15) is 29.7 Å². The van der Waals surface area contributed by atoms with Crippen LogP contribution in [0.4, 0.5) is 0 Å². The van der Waals surface area contributed by atoms with Crippen molar-refractivity contribution in [2.24, 2.45) is 0 Å². The molecule has 0 aliphatic carbocycles. The Balaban J connectivity index is 1.52. The molecule has 13 heteroatoms. The molecule has 0 aromatic heterocycles. The molecule has 6 rings (SSSR count). The second-order valence-electron chi connectivity index (χ2n) is 10.2. The molecule has 3 aromatic rings. The zero-order valence-electron chi connectivity index (χ0n) is 23.2. The molecule has 13 nitrogen and oxygen atoms in total. The first kappa shape index (κ1) is 28.7. The predicted molar refractivity (Wildman–Crippen MR) is 144 cm³/mol. The first-order valence-electron chi connectivity index (χ1n) is 13.4. The van der Waals surface area contributed by atoms with E-state index >= 15 is 0 Å². The number of aliphatic hydroxyl groups excluding tert-OH is 3. The highest BCUT2D eigenvalue weighted by atomic mass is 16.7. The number of esters is 3. The largest absolute Gasteiger partial charge is 0.461 e. The van der Waals surface area contributed by atoms with Crippen LogP contribution in [0.1, 0.15) is 40.9 Å². The third-order valence-corrected chi connectivity index (χ3v) is 7.49. The van der Waals surface area contributed by atoms with Crippen LogP contribution in [0, 0.1) is 0 Å². The second-order valence-corrected chi connectivity index (χ2v) is 10.2. The highest BCUT2D eigenvalue weighted by Gasteiger charge is 2.46. The van der Waals surface area contributed by atoms with Crippen molar-refractivity contribution < 1.29 is 62.9 Å². The summed E-state index contributed by atoms with van der Waals surface area (Å²) >= 11 is 0. The molecule has 1 fully saturated rings. The Morgan fingerprint density at radius 3 is 2.30 bits per heavy atom. The second kappa shape index (κ2) is 11.3. The summed E-state index contributed by atoms with van der Waals surface area (Å²) in [6.07, 6.45) is -5.43. The summed E-state index contributed by atoms with van der Waals surface area (Å²) in [5.41, 5.74) is 2.45. The van der Waals surface area contributed by atoms with Gasteiger partial charge in [-0.05, 0) is 46.3 Å². The quantitative estimate of drug-likeness (QED) is 0.266. The Hall–Kier alpha value is -4.43. The van der Waals surface area contributed by atoms with Crippen molar-refractivity contribution in [1.29, 1.82) is 0 Å². The maximum absolute atomic E-state index is 13.2. The number of carbonyl (C=O) groups excluding carboxylic acids is 3. The third-order valence-electron chi connectivity index (χ3n) is 7.49. The number of benzene rings is 3. The van der Waals surface area contributed by atoms with E-state index in [1.165, 1.54) is 6.92 Å². The number of hydrogen-bond acceptors (Lipinski definition) is 13. The van der Waals surface area contributed by atoms with Gasteiger partial charge in [0.25, 0.3) is 0 Å². The van der Waals surface area contributed by atoms with Gasteiger partial charge >= 0.3 is 17.9 Å². The van der Waals surface area contributed by atoms with Gasteiger partial charge in [-0.3, -0.25) is 9.59 Å². The zero-order valence-corrected chi connectivity index (χ0v) is 23.2. The summed E-state index contributed by atoms with van der Waals surface area (Å²) in [6.45, 7) is 1.15. The lowest BCUT2D eigenvalue weighted by molar-refractivity contribution is -0.253. The van der Waals surface area contributed by atoms with Crippen LogP contribution in [0.5, 0.6) is 17.2 Å². The molecule has 3 aliphatic rings. The Kier molecular flexibility index (Phi) is 7.56. The summed E-state index contributed by atoms with van der Waals surface area (Å²) in [4.78, 5) is 36.7. The van der Waals surface area contributed by atoms with Gasteiger partial charge in [-0.1, -0.05) is 6.07 Å². The van der Waals surface area contributed by atoms with Crippen LogP contribution in [-0.2, 0) is 48.4 Å². The molecule has 4 atom stereocenters. The molecule has 3 aliphatic heterocycles. The number of aliphatic hydroxyl groups is 3. The van der Waals surface area contributed by atoms with E-state index < -0.39 is 55.7 Å². The van der Waals surface area contributed by atoms with Crippen LogP contribution in [0.25, 0.3) is 21.9 Å². The molecule has 1 unspecified atom stereocenters. The van der Waals surface area contributed by atoms with E-state index in [1.54, 1.807) is 30.3 Å². The summed E-state index contributed by atoms with van der Waals surface area (Å²) in [7, 11) is 0. The van der Waals surface area contributed by atoms with Crippen LogP contribution in [0.15, 0.2) is 30.3 Å². The van der Waals surface area contributed by atoms with Crippen LogP contribution in [0.2, 0.25) is 0 Å². The number of carbonyl (C=O) groups is 3. The highest BCUT2D eigenvalue weighted by Crippen LogP contribution is 2.48. The van der Waals surface area contributed by atoms with Crippen LogP contribution in [0.3, 0.4) is 0 Å². The van der Waals surface area contributed by atoms with Gasteiger partial charge in [0.15, 0.2) is 29.8 Å². The minimum absolute atomic E-state index is 0.0529. The van der Waals surface area contributed by atoms with Gasteiger partial charge in [-0.15, -0.1) is 0 Å². The van der Waals surface area contributed by atoms with Crippen LogP contribution >= 0.6 is 0 Å². The maximum atomic E-state index is 13.2. The first-order chi connectivity index (χ1) is 20.7. The van der Waals surface area contributed by atoms with E-state index in [2.05, 4.69) is 0 Å². The Morgan fingerprint density at radius 1 is 0.907 bits per heavy atom. The van der Waals surface area contributed by atoms with Crippen molar-refractivity contribution in [1.82, 2.24) is 0 Å². The maximum Gasteiger partial charge on any atom is 0.339 e. The number of ether oxygens (including phenoxy) is 7. The fourth-order valence-corrected chi connectivity index (χ4v) is 5.63. The van der Waals surface area contributed by atoms with E-state index in [1.807, 2.05) is 0 Å². The van der Waals surface area contributed by atoms with Crippen molar-refractivity contribution in [3.8, 4) is 28.4 Å². The number of cyclic esters (lactones) is 1. The minimum Gasteiger partial charge on any atom is -0.461 e. The molecule has 1 saturated heterocycles. The molecule has 0 spiro atoms. The molecule has 3 aromatic carbocycles. The van der Waals surface area contributed by atoms with Gasteiger partial charge in [0, 0.05) is 30.4 Å². The molecule has 3 heterocycles. The Labute approximate surface area is 244 Å². The molecule has 226 valence electrons. The predicted octanol–water partition coefficient (Wildman–Crippen LogP) is 1.85. The lowest BCUT2D eigenvalue weighted by atomic mass is 9.87. The first-order valence-corrected chi connectivity index (χ1v) is 13.4. The van der Waals surface area contributed by atoms with E-state index in [4.69, 9.17) is 33.2 Å². The number of hydrogen-bond donors (Lipinski definition) is 3. The summed E-state index contributed by atoms with van der Waals surface area (Å²) in [5, 5.41) is 32.3. The fourth-order valence-electron chi connectivity index (χ4n) is 5.63. The van der Waals surface area contributed by atoms with Gasteiger partial charge in [-0.25, -0.2) is 4.79 Å². The molecular weight excluding hydrogens is 568 g/mol. The van der Waals surface area contributed by atoms with E-state index in [-0.39, 0.29) is 31.3 Å². The monoisotopic (exact) mass is 596 g/mol. The summed E-state index contributed by atoms with van der Waals surface area (Å²) in [6, 6.07) is 8.48. The van der Waals surface area contributed by atoms with Gasteiger partial charge in [0.1, 0.15) is 12.4 Å². The van der Waals surface area contributed by atoms with Crippen molar-refractivity contribution in [2.75, 3.05) is 13.4 Å². The van der Waals surface area contributed by atoms with Crippen LogP contribution in [-0.4, -0.2) is 71.2 Å². The standard InChI is InChI=1S/C30H28O13/c1-13(33)41-23-11-38-30(26(35)28(23)42-14(2)34)43-27-19-6-17(9-32)16(8-31)5-18(19)24(25-20(27)10-37-29(25)36)15-3-4-21-22(7-15)40-12-39-21/h3-7,23,26,28,30-32,35H,8-12H2,1-2H3/t23-,26-,28+,30?/m1/s1. The average Bonchev–Trinajstić information content (AvgIpc) is 3.61. The van der Waals surface area contributed by atoms with Gasteiger partial charge in [0.2, 0.25) is 13.1 Å². The summed E-state index contributed by atoms with van der Waals surface area (Å²) in [5.74, 6) is -0.849. The molecule has 0 radical (unpaired) electrons. The van der Waals surface area contributed by atoms with E-state index in [0.717, 1.165) is 6.92 Å². The number of rotatable bonds is 7. The minimum atomic E-state index is -1.60. The van der Waals surface area contributed by atoms with Gasteiger partial charge in [-0.2, -0.15) is 0 Å².